The van der Waals surface area contributed by atoms with E-state index in [4.69, 9.17) is 9.84 Å². The Kier molecular flexibility index (Phi) is 6.76. The van der Waals surface area contributed by atoms with E-state index in [-0.39, 0.29) is 12.5 Å². The maximum absolute atomic E-state index is 11.5. The van der Waals surface area contributed by atoms with E-state index in [1.54, 1.807) is 6.08 Å². The molecule has 0 radical (unpaired) electrons. The molecule has 4 heteroatoms. The molecule has 0 saturated heterocycles. The third-order valence-electron chi connectivity index (χ3n) is 2.38. The number of amides is 1. The molecule has 0 spiro atoms. The Balaban J connectivity index is 2.30. The number of carbonyl (C=O) groups excluding carboxylic acids is 1. The average molecular weight is 249 g/mol. The maximum Gasteiger partial charge on any atom is 0.244 e. The second-order valence-electron chi connectivity index (χ2n) is 3.82. The molecule has 0 saturated carbocycles. The van der Waals surface area contributed by atoms with Crippen LogP contribution >= 0.6 is 0 Å². The van der Waals surface area contributed by atoms with Crippen molar-refractivity contribution in [3.05, 3.63) is 41.5 Å². The average Bonchev–Trinajstić information content (AvgIpc) is 2.37. The van der Waals surface area contributed by atoms with Crippen molar-refractivity contribution in [2.75, 3.05) is 26.4 Å². The summed E-state index contributed by atoms with van der Waals surface area (Å²) in [5, 5.41) is 11.2. The quantitative estimate of drug-likeness (QED) is 0.562. The third kappa shape index (κ3) is 5.61. The van der Waals surface area contributed by atoms with E-state index in [9.17, 15) is 4.79 Å². The number of rotatable bonds is 7. The lowest BCUT2D eigenvalue weighted by Gasteiger charge is -2.03. The molecular weight excluding hydrogens is 230 g/mol. The molecule has 0 aromatic heterocycles. The van der Waals surface area contributed by atoms with Gasteiger partial charge in [-0.1, -0.05) is 24.3 Å². The number of benzene rings is 1. The van der Waals surface area contributed by atoms with Gasteiger partial charge in [0.2, 0.25) is 5.91 Å². The Morgan fingerprint density at radius 2 is 2.17 bits per heavy atom. The van der Waals surface area contributed by atoms with Gasteiger partial charge in [0, 0.05) is 12.6 Å². The van der Waals surface area contributed by atoms with Crippen molar-refractivity contribution < 1.29 is 14.6 Å². The molecule has 1 amide bonds. The lowest BCUT2D eigenvalue weighted by molar-refractivity contribution is -0.116. The van der Waals surface area contributed by atoms with Gasteiger partial charge in [-0.2, -0.15) is 0 Å². The summed E-state index contributed by atoms with van der Waals surface area (Å²) < 4.78 is 5.03. The summed E-state index contributed by atoms with van der Waals surface area (Å²) in [5.41, 5.74) is 2.16. The fraction of sp³-hybridized carbons (Fsp3) is 0.357. The van der Waals surface area contributed by atoms with Crippen molar-refractivity contribution >= 4 is 12.0 Å². The van der Waals surface area contributed by atoms with E-state index in [0.29, 0.717) is 19.8 Å². The van der Waals surface area contributed by atoms with Crippen LogP contribution < -0.4 is 5.32 Å². The summed E-state index contributed by atoms with van der Waals surface area (Å²) in [4.78, 5) is 11.5. The number of hydrogen-bond donors (Lipinski definition) is 2. The highest BCUT2D eigenvalue weighted by Crippen LogP contribution is 2.08. The highest BCUT2D eigenvalue weighted by molar-refractivity contribution is 5.91. The van der Waals surface area contributed by atoms with Crippen LogP contribution in [0.3, 0.4) is 0 Å². The van der Waals surface area contributed by atoms with Crippen molar-refractivity contribution in [1.82, 2.24) is 5.32 Å². The Hall–Kier alpha value is -1.65. The first-order valence-electron chi connectivity index (χ1n) is 5.94. The summed E-state index contributed by atoms with van der Waals surface area (Å²) in [6, 6.07) is 7.86. The lowest BCUT2D eigenvalue weighted by Crippen LogP contribution is -2.25. The molecule has 0 bridgehead atoms. The van der Waals surface area contributed by atoms with E-state index < -0.39 is 0 Å². The molecule has 0 fully saturated rings. The smallest absolute Gasteiger partial charge is 0.244 e. The highest BCUT2D eigenvalue weighted by atomic mass is 16.5. The number of nitrogens with one attached hydrogen (secondary N) is 1. The van der Waals surface area contributed by atoms with E-state index in [1.165, 1.54) is 6.08 Å². The molecule has 0 aliphatic heterocycles. The lowest BCUT2D eigenvalue weighted by atomic mass is 10.1. The number of aryl methyl sites for hydroxylation is 1. The first kappa shape index (κ1) is 14.4. The summed E-state index contributed by atoms with van der Waals surface area (Å²) in [7, 11) is 0. The molecule has 1 rings (SSSR count). The van der Waals surface area contributed by atoms with Crippen LogP contribution in [0.1, 0.15) is 11.1 Å². The fourth-order valence-corrected chi connectivity index (χ4v) is 1.41. The van der Waals surface area contributed by atoms with Gasteiger partial charge in [0.05, 0.1) is 19.8 Å². The minimum atomic E-state index is -0.147. The predicted molar refractivity (Wildman–Crippen MR) is 71.1 cm³/mol. The number of ether oxygens (including phenoxy) is 1. The van der Waals surface area contributed by atoms with Gasteiger partial charge in [-0.25, -0.2) is 0 Å². The van der Waals surface area contributed by atoms with Crippen molar-refractivity contribution in [2.24, 2.45) is 0 Å². The van der Waals surface area contributed by atoms with Crippen molar-refractivity contribution in [3.63, 3.8) is 0 Å². The van der Waals surface area contributed by atoms with Crippen LogP contribution in [0.15, 0.2) is 30.3 Å². The van der Waals surface area contributed by atoms with Gasteiger partial charge < -0.3 is 15.2 Å². The van der Waals surface area contributed by atoms with Crippen molar-refractivity contribution in [2.45, 2.75) is 6.92 Å². The van der Waals surface area contributed by atoms with Gasteiger partial charge in [-0.15, -0.1) is 0 Å². The predicted octanol–water partition coefficient (Wildman–Crippen LogP) is 1.13. The molecular formula is C14H19NO3. The van der Waals surface area contributed by atoms with E-state index in [0.717, 1.165) is 11.1 Å². The fourth-order valence-electron chi connectivity index (χ4n) is 1.41. The van der Waals surface area contributed by atoms with E-state index in [1.807, 2.05) is 31.2 Å². The minimum Gasteiger partial charge on any atom is -0.394 e. The third-order valence-corrected chi connectivity index (χ3v) is 2.38. The Bertz CT molecular complexity index is 402. The molecule has 1 aromatic carbocycles. The van der Waals surface area contributed by atoms with Crippen LogP contribution in [0.5, 0.6) is 0 Å². The summed E-state index contributed by atoms with van der Waals surface area (Å²) >= 11 is 0. The first-order valence-corrected chi connectivity index (χ1v) is 5.94. The Labute approximate surface area is 107 Å². The standard InChI is InChI=1S/C14H19NO3/c1-12-4-2-3-5-13(12)6-7-14(17)15-8-10-18-11-9-16/h2-7,16H,8-11H2,1H3,(H,15,17)/b7-6+. The second kappa shape index (κ2) is 8.44. The topological polar surface area (TPSA) is 58.6 Å². The van der Waals surface area contributed by atoms with Crippen LogP contribution in [0, 0.1) is 6.92 Å². The van der Waals surface area contributed by atoms with Gasteiger partial charge >= 0.3 is 0 Å². The SMILES string of the molecule is Cc1ccccc1/C=C/C(=O)NCCOCCO. The van der Waals surface area contributed by atoms with Crippen LogP contribution in [0.25, 0.3) is 6.08 Å². The molecule has 0 aliphatic rings. The van der Waals surface area contributed by atoms with E-state index in [2.05, 4.69) is 5.32 Å². The molecule has 0 aliphatic carbocycles. The number of carbonyl (C=O) groups is 1. The summed E-state index contributed by atoms with van der Waals surface area (Å²) in [5.74, 6) is -0.147. The minimum absolute atomic E-state index is 0.00112. The molecule has 1 aromatic rings. The van der Waals surface area contributed by atoms with Gasteiger partial charge in [-0.3, -0.25) is 4.79 Å². The second-order valence-corrected chi connectivity index (χ2v) is 3.82. The number of aliphatic hydroxyl groups excluding tert-OH is 1. The normalized spacial score (nSPS) is 10.8. The molecule has 0 unspecified atom stereocenters. The molecule has 0 heterocycles. The monoisotopic (exact) mass is 249 g/mol. The summed E-state index contributed by atoms with van der Waals surface area (Å²) in [6.45, 7) is 3.15. The first-order chi connectivity index (χ1) is 8.74. The number of aliphatic hydroxyl groups is 1. The zero-order valence-electron chi connectivity index (χ0n) is 10.6. The zero-order chi connectivity index (χ0) is 13.2. The summed E-state index contributed by atoms with van der Waals surface area (Å²) in [6.07, 6.45) is 3.30. The molecule has 4 nitrogen and oxygen atoms in total. The number of hydrogen-bond acceptors (Lipinski definition) is 3. The van der Waals surface area contributed by atoms with Gasteiger partial charge in [0.1, 0.15) is 0 Å². The Morgan fingerprint density at radius 3 is 2.89 bits per heavy atom. The zero-order valence-corrected chi connectivity index (χ0v) is 10.6. The van der Waals surface area contributed by atoms with Gasteiger partial charge in [0.15, 0.2) is 0 Å². The molecule has 2 N–H and O–H groups in total. The largest absolute Gasteiger partial charge is 0.394 e. The van der Waals surface area contributed by atoms with Crippen molar-refractivity contribution in [3.8, 4) is 0 Å². The van der Waals surface area contributed by atoms with Gasteiger partial charge in [-0.05, 0) is 24.1 Å². The van der Waals surface area contributed by atoms with Gasteiger partial charge in [0.25, 0.3) is 0 Å². The van der Waals surface area contributed by atoms with Crippen LogP contribution in [0.4, 0.5) is 0 Å². The molecule has 0 atom stereocenters. The van der Waals surface area contributed by atoms with Crippen LogP contribution in [-0.4, -0.2) is 37.4 Å². The Morgan fingerprint density at radius 1 is 1.39 bits per heavy atom. The molecule has 18 heavy (non-hydrogen) atoms. The van der Waals surface area contributed by atoms with E-state index >= 15 is 0 Å². The van der Waals surface area contributed by atoms with Crippen LogP contribution in [-0.2, 0) is 9.53 Å². The van der Waals surface area contributed by atoms with Crippen LogP contribution in [0.2, 0.25) is 0 Å². The molecule has 98 valence electrons. The maximum atomic E-state index is 11.5. The van der Waals surface area contributed by atoms with Crippen molar-refractivity contribution in [1.29, 1.82) is 0 Å². The highest BCUT2D eigenvalue weighted by Gasteiger charge is 1.96.